The molecule has 8 heteroatoms. The molecular formula is C19H20O8. The van der Waals surface area contributed by atoms with Gasteiger partial charge in [0.1, 0.15) is 22.8 Å². The van der Waals surface area contributed by atoms with Gasteiger partial charge in [-0.3, -0.25) is 4.79 Å². The molecule has 0 aliphatic carbocycles. The highest BCUT2D eigenvalue weighted by Gasteiger charge is 2.40. The second-order valence-electron chi connectivity index (χ2n) is 5.83. The maximum absolute atomic E-state index is 12.6. The first-order valence-electron chi connectivity index (χ1n) is 8.05. The number of aromatic hydroxyl groups is 1. The molecule has 2 aromatic carbocycles. The lowest BCUT2D eigenvalue weighted by atomic mass is 9.92. The Morgan fingerprint density at radius 1 is 0.926 bits per heavy atom. The second kappa shape index (κ2) is 7.24. The van der Waals surface area contributed by atoms with Crippen LogP contribution in [0.1, 0.15) is 22.0 Å². The van der Waals surface area contributed by atoms with Crippen LogP contribution < -0.4 is 23.7 Å². The predicted molar refractivity (Wildman–Crippen MR) is 94.5 cm³/mol. The highest BCUT2D eigenvalue weighted by Crippen LogP contribution is 2.45. The standard InChI is InChI=1S/C19H20O8/c1-23-10-7-11(20)15-12(8-10)27-18(17(22)16(15)21)9-5-13(24-2)19(26-4)14(6-9)25-3/h5-8,17-18,20,22H,1-4H3. The van der Waals surface area contributed by atoms with E-state index in [0.717, 1.165) is 0 Å². The topological polar surface area (TPSA) is 104 Å². The number of fused-ring (bicyclic) bond motifs is 1. The number of phenols is 1. The van der Waals surface area contributed by atoms with Crippen LogP contribution in [0.2, 0.25) is 0 Å². The zero-order valence-corrected chi connectivity index (χ0v) is 15.3. The Balaban J connectivity index is 2.11. The number of benzene rings is 2. The molecule has 2 atom stereocenters. The summed E-state index contributed by atoms with van der Waals surface area (Å²) in [5.74, 6) is 0.538. The van der Waals surface area contributed by atoms with Gasteiger partial charge in [0.2, 0.25) is 11.5 Å². The molecule has 0 bridgehead atoms. The summed E-state index contributed by atoms with van der Waals surface area (Å²) in [6.45, 7) is 0. The molecule has 2 unspecified atom stereocenters. The van der Waals surface area contributed by atoms with E-state index in [1.165, 1.54) is 40.6 Å². The van der Waals surface area contributed by atoms with Crippen molar-refractivity contribution in [3.8, 4) is 34.5 Å². The average molecular weight is 376 g/mol. The second-order valence-corrected chi connectivity index (χ2v) is 5.83. The number of carbonyl (C=O) groups is 1. The quantitative estimate of drug-likeness (QED) is 0.818. The van der Waals surface area contributed by atoms with Crippen LogP contribution in [-0.4, -0.2) is 50.5 Å². The van der Waals surface area contributed by atoms with Crippen LogP contribution in [0, 0.1) is 0 Å². The molecule has 0 saturated carbocycles. The molecule has 0 saturated heterocycles. The normalized spacial score (nSPS) is 18.3. The number of ether oxygens (including phenoxy) is 5. The monoisotopic (exact) mass is 376 g/mol. The summed E-state index contributed by atoms with van der Waals surface area (Å²) in [5, 5.41) is 20.6. The number of aliphatic hydroxyl groups is 1. The smallest absolute Gasteiger partial charge is 0.203 e. The summed E-state index contributed by atoms with van der Waals surface area (Å²) in [6.07, 6.45) is -2.56. The molecule has 2 aromatic rings. The molecule has 27 heavy (non-hydrogen) atoms. The van der Waals surface area contributed by atoms with E-state index in [1.54, 1.807) is 12.1 Å². The zero-order valence-electron chi connectivity index (χ0n) is 15.3. The Bertz CT molecular complexity index is 851. The molecule has 3 rings (SSSR count). The first-order chi connectivity index (χ1) is 12.9. The molecule has 144 valence electrons. The number of phenolic OH excluding ortho intramolecular Hbond substituents is 1. The van der Waals surface area contributed by atoms with Gasteiger partial charge in [-0.25, -0.2) is 0 Å². The van der Waals surface area contributed by atoms with Crippen molar-refractivity contribution in [3.05, 3.63) is 35.4 Å². The van der Waals surface area contributed by atoms with Crippen LogP contribution in [0.15, 0.2) is 24.3 Å². The first-order valence-corrected chi connectivity index (χ1v) is 8.05. The van der Waals surface area contributed by atoms with Gasteiger partial charge in [-0.15, -0.1) is 0 Å². The molecule has 0 amide bonds. The van der Waals surface area contributed by atoms with Crippen molar-refractivity contribution in [3.63, 3.8) is 0 Å². The third-order valence-electron chi connectivity index (χ3n) is 4.36. The van der Waals surface area contributed by atoms with Crippen LogP contribution in [0.4, 0.5) is 0 Å². The number of Topliss-reactive ketones (excluding diaryl/α,β-unsaturated/α-hetero) is 1. The van der Waals surface area contributed by atoms with Gasteiger partial charge in [0.25, 0.3) is 0 Å². The molecule has 0 aromatic heterocycles. The predicted octanol–water partition coefficient (Wildman–Crippen LogP) is 2.10. The SMILES string of the molecule is COc1cc(O)c2c(c1)OC(c1cc(OC)c(OC)c(OC)c1)C(O)C2=O. The number of aliphatic hydroxyl groups excluding tert-OH is 1. The fourth-order valence-electron chi connectivity index (χ4n) is 3.04. The highest BCUT2D eigenvalue weighted by atomic mass is 16.5. The zero-order chi connectivity index (χ0) is 19.7. The Kier molecular flexibility index (Phi) is 5.00. The van der Waals surface area contributed by atoms with E-state index in [2.05, 4.69) is 0 Å². The number of ketones is 1. The maximum Gasteiger partial charge on any atom is 0.203 e. The van der Waals surface area contributed by atoms with Gasteiger partial charge in [-0.05, 0) is 12.1 Å². The molecule has 2 N–H and O–H groups in total. The van der Waals surface area contributed by atoms with Gasteiger partial charge in [0, 0.05) is 17.7 Å². The van der Waals surface area contributed by atoms with Crippen molar-refractivity contribution in [2.24, 2.45) is 0 Å². The molecule has 0 radical (unpaired) electrons. The van der Waals surface area contributed by atoms with E-state index in [-0.39, 0.29) is 17.1 Å². The summed E-state index contributed by atoms with van der Waals surface area (Å²) in [7, 11) is 5.82. The molecule has 0 spiro atoms. The maximum atomic E-state index is 12.6. The Morgan fingerprint density at radius 3 is 2.07 bits per heavy atom. The summed E-state index contributed by atoms with van der Waals surface area (Å²) < 4.78 is 26.8. The van der Waals surface area contributed by atoms with E-state index in [9.17, 15) is 15.0 Å². The highest BCUT2D eigenvalue weighted by molar-refractivity contribution is 6.05. The van der Waals surface area contributed by atoms with E-state index >= 15 is 0 Å². The fraction of sp³-hybridized carbons (Fsp3) is 0.316. The summed E-state index contributed by atoms with van der Waals surface area (Å²) >= 11 is 0. The Hall–Kier alpha value is -3.13. The molecule has 0 fully saturated rings. The number of rotatable bonds is 5. The molecule has 8 nitrogen and oxygen atoms in total. The molecular weight excluding hydrogens is 356 g/mol. The summed E-state index contributed by atoms with van der Waals surface area (Å²) in [6, 6.07) is 5.94. The Labute approximate surface area is 155 Å². The lowest BCUT2D eigenvalue weighted by Crippen LogP contribution is -2.36. The van der Waals surface area contributed by atoms with E-state index in [1.807, 2.05) is 0 Å². The first kappa shape index (κ1) is 18.7. The van der Waals surface area contributed by atoms with Crippen LogP contribution in [0.25, 0.3) is 0 Å². The number of methoxy groups -OCH3 is 4. The fourth-order valence-corrected chi connectivity index (χ4v) is 3.04. The van der Waals surface area contributed by atoms with Gasteiger partial charge < -0.3 is 33.9 Å². The summed E-state index contributed by atoms with van der Waals surface area (Å²) in [4.78, 5) is 12.6. The van der Waals surface area contributed by atoms with Crippen molar-refractivity contribution in [2.45, 2.75) is 12.2 Å². The Morgan fingerprint density at radius 2 is 1.56 bits per heavy atom. The minimum Gasteiger partial charge on any atom is -0.507 e. The third-order valence-corrected chi connectivity index (χ3v) is 4.36. The minimum absolute atomic E-state index is 0.0907. The van der Waals surface area contributed by atoms with Crippen molar-refractivity contribution in [1.82, 2.24) is 0 Å². The lowest BCUT2D eigenvalue weighted by molar-refractivity contribution is 0.0209. The summed E-state index contributed by atoms with van der Waals surface area (Å²) in [5.41, 5.74) is 0.352. The van der Waals surface area contributed by atoms with Crippen LogP contribution in [0.5, 0.6) is 34.5 Å². The van der Waals surface area contributed by atoms with Crippen molar-refractivity contribution >= 4 is 5.78 Å². The average Bonchev–Trinajstić information content (AvgIpc) is 2.68. The van der Waals surface area contributed by atoms with E-state index in [4.69, 9.17) is 23.7 Å². The van der Waals surface area contributed by atoms with Crippen molar-refractivity contribution < 1.29 is 38.7 Å². The lowest BCUT2D eigenvalue weighted by Gasteiger charge is -2.31. The van der Waals surface area contributed by atoms with Crippen LogP contribution in [0.3, 0.4) is 0 Å². The largest absolute Gasteiger partial charge is 0.507 e. The van der Waals surface area contributed by atoms with Crippen molar-refractivity contribution in [1.29, 1.82) is 0 Å². The van der Waals surface area contributed by atoms with Gasteiger partial charge in [0.05, 0.1) is 28.4 Å². The van der Waals surface area contributed by atoms with Gasteiger partial charge in [0.15, 0.2) is 23.7 Å². The van der Waals surface area contributed by atoms with E-state index < -0.39 is 18.0 Å². The number of carbonyl (C=O) groups excluding carboxylic acids is 1. The van der Waals surface area contributed by atoms with Crippen LogP contribution >= 0.6 is 0 Å². The number of hydrogen-bond acceptors (Lipinski definition) is 8. The third kappa shape index (κ3) is 3.08. The molecule has 1 aliphatic rings. The minimum atomic E-state index is -1.53. The van der Waals surface area contributed by atoms with Crippen LogP contribution in [-0.2, 0) is 0 Å². The van der Waals surface area contributed by atoms with Gasteiger partial charge >= 0.3 is 0 Å². The number of hydrogen-bond donors (Lipinski definition) is 2. The van der Waals surface area contributed by atoms with E-state index in [0.29, 0.717) is 28.6 Å². The van der Waals surface area contributed by atoms with Gasteiger partial charge in [-0.2, -0.15) is 0 Å². The molecule has 1 aliphatic heterocycles. The molecule has 1 heterocycles. The van der Waals surface area contributed by atoms with Gasteiger partial charge in [-0.1, -0.05) is 0 Å². The van der Waals surface area contributed by atoms with Crippen molar-refractivity contribution in [2.75, 3.05) is 28.4 Å².